The zero-order valence-electron chi connectivity index (χ0n) is 22.2. The lowest BCUT2D eigenvalue weighted by Gasteiger charge is -2.29. The van der Waals surface area contributed by atoms with Gasteiger partial charge in [0, 0.05) is 30.2 Å². The summed E-state index contributed by atoms with van der Waals surface area (Å²) in [6.45, 7) is 6.76. The first-order valence-corrected chi connectivity index (χ1v) is 13.3. The fourth-order valence-corrected chi connectivity index (χ4v) is 5.70. The quantitative estimate of drug-likeness (QED) is 0.422. The molecule has 1 aromatic heterocycles. The summed E-state index contributed by atoms with van der Waals surface area (Å²) in [6.07, 6.45) is 1.73. The topological polar surface area (TPSA) is 82.4 Å². The first kappa shape index (κ1) is 27.5. The Kier molecular flexibility index (Phi) is 8.28. The summed E-state index contributed by atoms with van der Waals surface area (Å²) in [5.41, 5.74) is 2.14. The van der Waals surface area contributed by atoms with Crippen LogP contribution in [0.4, 0.5) is 0 Å². The van der Waals surface area contributed by atoms with E-state index in [0.29, 0.717) is 61.5 Å². The maximum atomic E-state index is 14.0. The first-order valence-electron chi connectivity index (χ1n) is 12.1. The van der Waals surface area contributed by atoms with Crippen LogP contribution in [0.5, 0.6) is 17.2 Å². The molecule has 1 aliphatic heterocycles. The van der Waals surface area contributed by atoms with E-state index in [1.54, 1.807) is 61.1 Å². The fraction of sp³-hybridized carbons (Fsp3) is 0.321. The van der Waals surface area contributed by atoms with Crippen molar-refractivity contribution >= 4 is 34.9 Å². The van der Waals surface area contributed by atoms with Crippen LogP contribution in [0.3, 0.4) is 0 Å². The average Bonchev–Trinajstić information content (AvgIpc) is 3.23. The molecule has 4 rings (SSSR count). The number of ether oxygens (including phenoxy) is 3. The Morgan fingerprint density at radius 1 is 1.08 bits per heavy atom. The standard InChI is InChI=1S/C28H30ClN3O5S/c1-7-31(8-2)27(34)24-16(3)30-28-32(25(24)17-9-11-18(29)12-10-17)26(33)23(38-28)15-20-21(36-5)13-19(35-4)14-22(20)37-6/h9-15,25H,7-8H2,1-6H3/b23-15+/t25-/m1/s1. The van der Waals surface area contributed by atoms with E-state index in [2.05, 4.69) is 0 Å². The molecular weight excluding hydrogens is 526 g/mol. The Morgan fingerprint density at radius 3 is 2.21 bits per heavy atom. The van der Waals surface area contributed by atoms with Crippen LogP contribution in [0, 0.1) is 0 Å². The SMILES string of the molecule is CCN(CC)C(=O)C1=C(C)N=c2s/c(=C/c3c(OC)cc(OC)cc3OC)c(=O)n2[C@@H]1c1ccc(Cl)cc1. The van der Waals surface area contributed by atoms with Crippen LogP contribution in [0.25, 0.3) is 6.08 Å². The van der Waals surface area contributed by atoms with E-state index in [-0.39, 0.29) is 11.5 Å². The number of nitrogens with zero attached hydrogens (tertiary/aromatic N) is 3. The van der Waals surface area contributed by atoms with Crippen molar-refractivity contribution in [3.05, 3.63) is 83.5 Å². The van der Waals surface area contributed by atoms with Crippen molar-refractivity contribution < 1.29 is 19.0 Å². The van der Waals surface area contributed by atoms with Crippen LogP contribution >= 0.6 is 22.9 Å². The highest BCUT2D eigenvalue weighted by Gasteiger charge is 2.34. The number of thiazole rings is 1. The van der Waals surface area contributed by atoms with Crippen LogP contribution < -0.4 is 29.1 Å². The fourth-order valence-electron chi connectivity index (χ4n) is 4.54. The van der Waals surface area contributed by atoms with Crippen molar-refractivity contribution in [1.82, 2.24) is 9.47 Å². The van der Waals surface area contributed by atoms with E-state index in [4.69, 9.17) is 30.8 Å². The molecule has 0 fully saturated rings. The van der Waals surface area contributed by atoms with Crippen molar-refractivity contribution in [1.29, 1.82) is 0 Å². The summed E-state index contributed by atoms with van der Waals surface area (Å²) >= 11 is 7.41. The molecule has 0 N–H and O–H groups in total. The van der Waals surface area contributed by atoms with Gasteiger partial charge in [0.1, 0.15) is 17.2 Å². The van der Waals surface area contributed by atoms with Gasteiger partial charge in [0.15, 0.2) is 4.80 Å². The molecule has 38 heavy (non-hydrogen) atoms. The third-order valence-corrected chi connectivity index (χ3v) is 7.75. The summed E-state index contributed by atoms with van der Waals surface area (Å²) in [5.74, 6) is 1.41. The number of benzene rings is 2. The minimum atomic E-state index is -0.654. The number of methoxy groups -OCH3 is 3. The van der Waals surface area contributed by atoms with Crippen LogP contribution in [0.2, 0.25) is 5.02 Å². The second-order valence-electron chi connectivity index (χ2n) is 8.56. The number of carbonyl (C=O) groups is 1. The van der Waals surface area contributed by atoms with E-state index in [1.165, 1.54) is 11.3 Å². The number of hydrogen-bond acceptors (Lipinski definition) is 7. The second kappa shape index (κ2) is 11.4. The molecule has 0 aliphatic carbocycles. The first-order chi connectivity index (χ1) is 18.3. The van der Waals surface area contributed by atoms with Gasteiger partial charge >= 0.3 is 0 Å². The van der Waals surface area contributed by atoms with Crippen LogP contribution in [-0.2, 0) is 4.79 Å². The Bertz CT molecular complexity index is 1540. The lowest BCUT2D eigenvalue weighted by molar-refractivity contribution is -0.127. The molecule has 3 aromatic rings. The summed E-state index contributed by atoms with van der Waals surface area (Å²) in [5, 5.41) is 0.567. The molecule has 2 aromatic carbocycles. The molecule has 200 valence electrons. The number of aromatic nitrogens is 1. The molecule has 2 heterocycles. The molecule has 10 heteroatoms. The predicted molar refractivity (Wildman–Crippen MR) is 149 cm³/mol. The molecule has 0 unspecified atom stereocenters. The minimum Gasteiger partial charge on any atom is -0.496 e. The third-order valence-electron chi connectivity index (χ3n) is 6.52. The number of allylic oxidation sites excluding steroid dienone is 1. The van der Waals surface area contributed by atoms with Gasteiger partial charge in [-0.05, 0) is 44.5 Å². The van der Waals surface area contributed by atoms with E-state index in [0.717, 1.165) is 5.56 Å². The Balaban J connectivity index is 1.99. The lowest BCUT2D eigenvalue weighted by atomic mass is 9.94. The Hall–Kier alpha value is -3.56. The van der Waals surface area contributed by atoms with Crippen molar-refractivity contribution in [2.24, 2.45) is 4.99 Å². The Morgan fingerprint density at radius 2 is 1.68 bits per heavy atom. The van der Waals surface area contributed by atoms with Gasteiger partial charge in [0.25, 0.3) is 11.5 Å². The normalized spacial score (nSPS) is 15.1. The van der Waals surface area contributed by atoms with Crippen LogP contribution in [0.1, 0.15) is 37.9 Å². The van der Waals surface area contributed by atoms with E-state index in [1.807, 2.05) is 32.9 Å². The van der Waals surface area contributed by atoms with Gasteiger partial charge in [-0.15, -0.1) is 0 Å². The molecule has 0 radical (unpaired) electrons. The summed E-state index contributed by atoms with van der Waals surface area (Å²) in [6, 6.07) is 10.0. The van der Waals surface area contributed by atoms with E-state index >= 15 is 0 Å². The highest BCUT2D eigenvalue weighted by Crippen LogP contribution is 2.35. The highest BCUT2D eigenvalue weighted by molar-refractivity contribution is 7.07. The number of likely N-dealkylation sites (N-methyl/N-ethyl adjacent to an activating group) is 1. The summed E-state index contributed by atoms with van der Waals surface area (Å²) in [4.78, 5) is 34.6. The number of amides is 1. The summed E-state index contributed by atoms with van der Waals surface area (Å²) < 4.78 is 18.5. The second-order valence-corrected chi connectivity index (χ2v) is 10.0. The van der Waals surface area contributed by atoms with Crippen molar-refractivity contribution in [3.63, 3.8) is 0 Å². The number of hydrogen-bond donors (Lipinski definition) is 0. The van der Waals surface area contributed by atoms with Gasteiger partial charge in [0.2, 0.25) is 0 Å². The van der Waals surface area contributed by atoms with Crippen LogP contribution in [-0.4, -0.2) is 49.8 Å². The molecule has 8 nitrogen and oxygen atoms in total. The van der Waals surface area contributed by atoms with Gasteiger partial charge in [-0.1, -0.05) is 35.1 Å². The molecular formula is C28H30ClN3O5S. The monoisotopic (exact) mass is 555 g/mol. The molecule has 1 aliphatic rings. The molecule has 0 spiro atoms. The zero-order chi connectivity index (χ0) is 27.6. The van der Waals surface area contributed by atoms with E-state index in [9.17, 15) is 9.59 Å². The van der Waals surface area contributed by atoms with Gasteiger partial charge in [-0.3, -0.25) is 14.2 Å². The maximum absolute atomic E-state index is 14.0. The number of halogens is 1. The molecule has 0 bridgehead atoms. The van der Waals surface area contributed by atoms with E-state index < -0.39 is 6.04 Å². The summed E-state index contributed by atoms with van der Waals surface area (Å²) in [7, 11) is 4.65. The largest absolute Gasteiger partial charge is 0.496 e. The van der Waals surface area contributed by atoms with Crippen molar-refractivity contribution in [2.45, 2.75) is 26.8 Å². The predicted octanol–water partition coefficient (Wildman–Crippen LogP) is 3.78. The van der Waals surface area contributed by atoms with Gasteiger partial charge in [0.05, 0.1) is 48.7 Å². The third kappa shape index (κ3) is 4.96. The number of carbonyl (C=O) groups excluding carboxylic acids is 1. The lowest BCUT2D eigenvalue weighted by Crippen LogP contribution is -2.43. The molecule has 0 saturated heterocycles. The smallest absolute Gasteiger partial charge is 0.271 e. The van der Waals surface area contributed by atoms with Crippen molar-refractivity contribution in [3.8, 4) is 17.2 Å². The molecule has 0 saturated carbocycles. The minimum absolute atomic E-state index is 0.149. The maximum Gasteiger partial charge on any atom is 0.271 e. The van der Waals surface area contributed by atoms with Gasteiger partial charge in [-0.25, -0.2) is 4.99 Å². The highest BCUT2D eigenvalue weighted by atomic mass is 35.5. The molecule has 1 amide bonds. The van der Waals surface area contributed by atoms with Gasteiger partial charge < -0.3 is 19.1 Å². The Labute approximate surface area is 230 Å². The zero-order valence-corrected chi connectivity index (χ0v) is 23.8. The van der Waals surface area contributed by atoms with Gasteiger partial charge in [-0.2, -0.15) is 0 Å². The van der Waals surface area contributed by atoms with Crippen molar-refractivity contribution in [2.75, 3.05) is 34.4 Å². The average molecular weight is 556 g/mol. The number of fused-ring (bicyclic) bond motifs is 1. The van der Waals surface area contributed by atoms with Crippen LogP contribution in [0.15, 0.2) is 57.5 Å². The molecule has 1 atom stereocenters. The number of rotatable bonds is 8.